The highest BCUT2D eigenvalue weighted by atomic mass is 32.1. The van der Waals surface area contributed by atoms with Crippen molar-refractivity contribution in [3.05, 3.63) is 45.9 Å². The molecular weight excluding hydrogens is 232 g/mol. The van der Waals surface area contributed by atoms with Crippen molar-refractivity contribution in [1.29, 1.82) is 0 Å². The summed E-state index contributed by atoms with van der Waals surface area (Å²) in [5.74, 6) is 0.891. The second-order valence-corrected chi connectivity index (χ2v) is 5.34. The van der Waals surface area contributed by atoms with Crippen molar-refractivity contribution in [2.75, 3.05) is 0 Å². The van der Waals surface area contributed by atoms with E-state index in [1.54, 1.807) is 11.3 Å². The largest absolute Gasteiger partial charge is 0.484 e. The highest BCUT2D eigenvalue weighted by molar-refractivity contribution is 7.09. The number of ether oxygens (including phenoxy) is 1. The van der Waals surface area contributed by atoms with Gasteiger partial charge in [0.05, 0.1) is 10.7 Å². The van der Waals surface area contributed by atoms with Crippen LogP contribution in [0.3, 0.4) is 0 Å². The number of hydrogen-bond donors (Lipinski definition) is 1. The lowest BCUT2D eigenvalue weighted by atomic mass is 9.96. The van der Waals surface area contributed by atoms with E-state index in [1.807, 2.05) is 31.2 Å². The first-order valence-corrected chi connectivity index (χ1v) is 6.55. The molecule has 1 aliphatic heterocycles. The number of hydrogen-bond acceptors (Lipinski definition) is 4. The zero-order chi connectivity index (χ0) is 11.8. The van der Waals surface area contributed by atoms with Gasteiger partial charge in [-0.05, 0) is 13.0 Å². The molecule has 1 aromatic carbocycles. The molecule has 2 atom stereocenters. The minimum Gasteiger partial charge on any atom is -0.484 e. The molecule has 3 nitrogen and oxygen atoms in total. The zero-order valence-corrected chi connectivity index (χ0v) is 10.4. The Bertz CT molecular complexity index is 538. The fourth-order valence-electron chi connectivity index (χ4n) is 2.16. The normalized spacial score (nSPS) is 22.9. The lowest BCUT2D eigenvalue weighted by Crippen LogP contribution is -2.24. The fourth-order valence-corrected chi connectivity index (χ4v) is 2.82. The number of thiazole rings is 1. The van der Waals surface area contributed by atoms with E-state index in [2.05, 4.69) is 10.4 Å². The van der Waals surface area contributed by atoms with Crippen LogP contribution in [0.1, 0.15) is 34.8 Å². The van der Waals surface area contributed by atoms with Gasteiger partial charge in [-0.15, -0.1) is 11.3 Å². The molecule has 3 rings (SSSR count). The van der Waals surface area contributed by atoms with Gasteiger partial charge in [0.2, 0.25) is 0 Å². The van der Waals surface area contributed by atoms with Gasteiger partial charge in [0, 0.05) is 23.4 Å². The quantitative estimate of drug-likeness (QED) is 0.841. The molecule has 17 heavy (non-hydrogen) atoms. The van der Waals surface area contributed by atoms with Gasteiger partial charge >= 0.3 is 0 Å². The van der Waals surface area contributed by atoms with Gasteiger partial charge < -0.3 is 10.5 Å². The minimum atomic E-state index is -0.00940. The average molecular weight is 246 g/mol. The Morgan fingerprint density at radius 2 is 2.24 bits per heavy atom. The summed E-state index contributed by atoms with van der Waals surface area (Å²) in [4.78, 5) is 4.48. The number of aryl methyl sites for hydroxylation is 1. The van der Waals surface area contributed by atoms with Crippen molar-refractivity contribution in [2.24, 2.45) is 5.73 Å². The highest BCUT2D eigenvalue weighted by Gasteiger charge is 2.27. The summed E-state index contributed by atoms with van der Waals surface area (Å²) >= 11 is 1.65. The number of para-hydroxylation sites is 1. The van der Waals surface area contributed by atoms with Gasteiger partial charge in [-0.2, -0.15) is 0 Å². The molecule has 0 amide bonds. The second kappa shape index (κ2) is 4.13. The summed E-state index contributed by atoms with van der Waals surface area (Å²) in [6.07, 6.45) is 0.782. The maximum atomic E-state index is 6.18. The number of fused-ring (bicyclic) bond motifs is 1. The van der Waals surface area contributed by atoms with Crippen LogP contribution in [0, 0.1) is 6.92 Å². The van der Waals surface area contributed by atoms with E-state index in [1.165, 1.54) is 0 Å². The first kappa shape index (κ1) is 10.7. The van der Waals surface area contributed by atoms with E-state index in [9.17, 15) is 0 Å². The summed E-state index contributed by atoms with van der Waals surface area (Å²) in [5, 5.41) is 3.12. The summed E-state index contributed by atoms with van der Waals surface area (Å²) in [6, 6.07) is 8.01. The van der Waals surface area contributed by atoms with Crippen LogP contribution < -0.4 is 10.5 Å². The molecule has 1 unspecified atom stereocenters. The Morgan fingerprint density at radius 1 is 1.41 bits per heavy atom. The zero-order valence-electron chi connectivity index (χ0n) is 9.59. The third kappa shape index (κ3) is 1.94. The smallest absolute Gasteiger partial charge is 0.143 e. The molecule has 0 radical (unpaired) electrons. The molecule has 2 aromatic rings. The van der Waals surface area contributed by atoms with Gasteiger partial charge in [-0.25, -0.2) is 4.98 Å². The predicted octanol–water partition coefficient (Wildman–Crippen LogP) is 2.98. The van der Waals surface area contributed by atoms with Crippen LogP contribution >= 0.6 is 11.3 Å². The van der Waals surface area contributed by atoms with Crippen molar-refractivity contribution in [3.8, 4) is 5.75 Å². The molecular formula is C13H14N2OS. The topological polar surface area (TPSA) is 48.1 Å². The first-order valence-electron chi connectivity index (χ1n) is 5.67. The van der Waals surface area contributed by atoms with Crippen LogP contribution in [-0.2, 0) is 0 Å². The number of rotatable bonds is 1. The van der Waals surface area contributed by atoms with Gasteiger partial charge in [0.15, 0.2) is 0 Å². The number of aromatic nitrogens is 1. The molecule has 88 valence electrons. The molecule has 0 saturated heterocycles. The summed E-state index contributed by atoms with van der Waals surface area (Å²) in [6.45, 7) is 2.00. The maximum absolute atomic E-state index is 6.18. The van der Waals surface area contributed by atoms with Gasteiger partial charge in [0.25, 0.3) is 0 Å². The van der Waals surface area contributed by atoms with Gasteiger partial charge in [-0.1, -0.05) is 18.2 Å². The van der Waals surface area contributed by atoms with Crippen molar-refractivity contribution < 1.29 is 4.74 Å². The molecule has 0 saturated carbocycles. The molecule has 0 spiro atoms. The van der Waals surface area contributed by atoms with Crippen LogP contribution in [0.5, 0.6) is 5.75 Å². The Balaban J connectivity index is 1.93. The third-order valence-electron chi connectivity index (χ3n) is 3.02. The molecule has 0 bridgehead atoms. The maximum Gasteiger partial charge on any atom is 0.143 e. The van der Waals surface area contributed by atoms with Crippen LogP contribution in [0.4, 0.5) is 0 Å². The van der Waals surface area contributed by atoms with E-state index < -0.39 is 0 Å². The molecule has 0 aliphatic carbocycles. The number of benzene rings is 1. The minimum absolute atomic E-state index is 0.00940. The lowest BCUT2D eigenvalue weighted by molar-refractivity contribution is 0.158. The Kier molecular flexibility index (Phi) is 2.61. The van der Waals surface area contributed by atoms with Crippen LogP contribution in [0.15, 0.2) is 29.6 Å². The Hall–Kier alpha value is -1.39. The van der Waals surface area contributed by atoms with Gasteiger partial charge in [-0.3, -0.25) is 0 Å². The van der Waals surface area contributed by atoms with Crippen molar-refractivity contribution in [1.82, 2.24) is 4.98 Å². The SMILES string of the molecule is Cc1nc(C2C[C@@H](N)c3ccccc3O2)cs1. The number of nitrogens with zero attached hydrogens (tertiary/aromatic N) is 1. The van der Waals surface area contributed by atoms with Crippen LogP contribution in [0.2, 0.25) is 0 Å². The van der Waals surface area contributed by atoms with Crippen molar-refractivity contribution in [2.45, 2.75) is 25.5 Å². The lowest BCUT2D eigenvalue weighted by Gasteiger charge is -2.29. The van der Waals surface area contributed by atoms with E-state index >= 15 is 0 Å². The van der Waals surface area contributed by atoms with E-state index in [0.29, 0.717) is 0 Å². The number of nitrogens with two attached hydrogens (primary N) is 1. The molecule has 1 aromatic heterocycles. The molecule has 0 fully saturated rings. The van der Waals surface area contributed by atoms with Crippen molar-refractivity contribution in [3.63, 3.8) is 0 Å². The second-order valence-electron chi connectivity index (χ2n) is 4.28. The predicted molar refractivity (Wildman–Crippen MR) is 68.2 cm³/mol. The summed E-state index contributed by atoms with van der Waals surface area (Å²) in [5.41, 5.74) is 8.27. The fraction of sp³-hybridized carbons (Fsp3) is 0.308. The summed E-state index contributed by atoms with van der Waals surface area (Å²) < 4.78 is 5.97. The molecule has 2 heterocycles. The summed E-state index contributed by atoms with van der Waals surface area (Å²) in [7, 11) is 0. The van der Waals surface area contributed by atoms with Gasteiger partial charge in [0.1, 0.15) is 11.9 Å². The monoisotopic (exact) mass is 246 g/mol. The standard InChI is InChI=1S/C13H14N2OS/c1-8-15-11(7-17-8)13-6-10(14)9-4-2-3-5-12(9)16-13/h2-5,7,10,13H,6,14H2,1H3/t10-,13?/m1/s1. The first-order chi connectivity index (χ1) is 8.24. The third-order valence-corrected chi connectivity index (χ3v) is 3.81. The van der Waals surface area contributed by atoms with Crippen LogP contribution in [0.25, 0.3) is 0 Å². The molecule has 4 heteroatoms. The highest BCUT2D eigenvalue weighted by Crippen LogP contribution is 2.39. The Morgan fingerprint density at radius 3 is 3.00 bits per heavy atom. The van der Waals surface area contributed by atoms with Crippen LogP contribution in [-0.4, -0.2) is 4.98 Å². The molecule has 2 N–H and O–H groups in total. The van der Waals surface area contributed by atoms with E-state index in [0.717, 1.165) is 28.4 Å². The van der Waals surface area contributed by atoms with Crippen molar-refractivity contribution >= 4 is 11.3 Å². The van der Waals surface area contributed by atoms with E-state index in [-0.39, 0.29) is 12.1 Å². The molecule has 1 aliphatic rings. The Labute approximate surface area is 104 Å². The average Bonchev–Trinajstić information content (AvgIpc) is 2.76. The van der Waals surface area contributed by atoms with E-state index in [4.69, 9.17) is 10.5 Å².